The molecule has 2 aromatic carbocycles. The van der Waals surface area contributed by atoms with Gasteiger partial charge in [-0.25, -0.2) is 4.99 Å². The van der Waals surface area contributed by atoms with Crippen molar-refractivity contribution in [3.63, 3.8) is 0 Å². The highest BCUT2D eigenvalue weighted by atomic mass is 16.7. The second kappa shape index (κ2) is 10.8. The van der Waals surface area contributed by atoms with Gasteiger partial charge in [-0.2, -0.15) is 5.48 Å². The predicted octanol–water partition coefficient (Wildman–Crippen LogP) is 4.65. The van der Waals surface area contributed by atoms with E-state index in [0.717, 1.165) is 28.2 Å². The van der Waals surface area contributed by atoms with E-state index in [9.17, 15) is 4.79 Å². The molecule has 1 N–H and O–H groups in total. The fourth-order valence-corrected chi connectivity index (χ4v) is 2.99. The van der Waals surface area contributed by atoms with Gasteiger partial charge in [0.15, 0.2) is 0 Å². The van der Waals surface area contributed by atoms with Crippen LogP contribution in [0.3, 0.4) is 0 Å². The molecule has 0 amide bonds. The highest BCUT2D eigenvalue weighted by Crippen LogP contribution is 2.18. The molecule has 1 atom stereocenters. The molecule has 0 saturated heterocycles. The normalized spacial score (nSPS) is 12.1. The molecule has 0 aliphatic carbocycles. The number of carbonyl (C=O) groups is 1. The van der Waals surface area contributed by atoms with Gasteiger partial charge in [-0.05, 0) is 32.9 Å². The monoisotopic (exact) mass is 431 g/mol. The highest BCUT2D eigenvalue weighted by Gasteiger charge is 2.23. The highest BCUT2D eigenvalue weighted by molar-refractivity contribution is 6.13. The van der Waals surface area contributed by atoms with Crippen LogP contribution in [0.4, 0.5) is 5.69 Å². The summed E-state index contributed by atoms with van der Waals surface area (Å²) in [5.74, 6) is -0.409. The van der Waals surface area contributed by atoms with E-state index in [0.29, 0.717) is 6.42 Å². The van der Waals surface area contributed by atoms with Gasteiger partial charge in [-0.3, -0.25) is 14.6 Å². The average molecular weight is 432 g/mol. The Morgan fingerprint density at radius 3 is 2.03 bits per heavy atom. The van der Waals surface area contributed by atoms with Gasteiger partial charge in [0.25, 0.3) is 0 Å². The summed E-state index contributed by atoms with van der Waals surface area (Å²) in [6, 6.07) is 23.2. The van der Waals surface area contributed by atoms with Gasteiger partial charge in [0.05, 0.1) is 30.3 Å². The molecular formula is C26H29N3O3. The van der Waals surface area contributed by atoms with Crippen molar-refractivity contribution in [2.24, 2.45) is 4.99 Å². The fourth-order valence-electron chi connectivity index (χ4n) is 2.99. The van der Waals surface area contributed by atoms with Crippen LogP contribution in [-0.4, -0.2) is 35.4 Å². The predicted molar refractivity (Wildman–Crippen MR) is 126 cm³/mol. The number of hydrogen-bond donors (Lipinski definition) is 1. The SMILES string of the molecule is COC(=O)[C@H](Cc1ccc(N=C(c2ccccc2)c2ccccc2)cn1)NOC(C)(C)C. The zero-order chi connectivity index (χ0) is 23.0. The molecule has 1 aromatic heterocycles. The number of carbonyl (C=O) groups excluding carboxylic acids is 1. The molecule has 6 heteroatoms. The Labute approximate surface area is 189 Å². The third-order valence-corrected chi connectivity index (χ3v) is 4.55. The van der Waals surface area contributed by atoms with Crippen molar-refractivity contribution in [3.05, 3.63) is 95.8 Å². The van der Waals surface area contributed by atoms with Crippen LogP contribution in [0.5, 0.6) is 0 Å². The molecule has 0 unspecified atom stereocenters. The van der Waals surface area contributed by atoms with Crippen molar-refractivity contribution in [3.8, 4) is 0 Å². The second-order valence-electron chi connectivity index (χ2n) is 8.31. The number of benzene rings is 2. The van der Waals surface area contributed by atoms with E-state index in [-0.39, 0.29) is 0 Å². The van der Waals surface area contributed by atoms with Gasteiger partial charge < -0.3 is 4.74 Å². The minimum absolute atomic E-state index is 0.330. The molecule has 6 nitrogen and oxygen atoms in total. The summed E-state index contributed by atoms with van der Waals surface area (Å²) in [5.41, 5.74) is 6.74. The van der Waals surface area contributed by atoms with Gasteiger partial charge in [0.2, 0.25) is 0 Å². The van der Waals surface area contributed by atoms with E-state index in [4.69, 9.17) is 14.6 Å². The van der Waals surface area contributed by atoms with Crippen LogP contribution < -0.4 is 5.48 Å². The standard InChI is InChI=1S/C26H29N3O3/c1-26(2,3)32-29-23(25(30)31-4)17-21-15-16-22(18-27-21)28-24(19-11-7-5-8-12-19)20-13-9-6-10-14-20/h5-16,18,23,29H,17H2,1-4H3/t23-/m0/s1. The largest absolute Gasteiger partial charge is 0.468 e. The maximum Gasteiger partial charge on any atom is 0.325 e. The lowest BCUT2D eigenvalue weighted by molar-refractivity contribution is -0.153. The van der Waals surface area contributed by atoms with Gasteiger partial charge in [0.1, 0.15) is 6.04 Å². The van der Waals surface area contributed by atoms with Crippen LogP contribution in [0.15, 0.2) is 84.0 Å². The van der Waals surface area contributed by atoms with E-state index in [1.54, 1.807) is 6.20 Å². The molecule has 166 valence electrons. The number of hydroxylamine groups is 1. The number of hydrogen-bond acceptors (Lipinski definition) is 6. The molecule has 0 bridgehead atoms. The van der Waals surface area contributed by atoms with Gasteiger partial charge in [-0.15, -0.1) is 0 Å². The molecule has 0 saturated carbocycles. The fraction of sp³-hybridized carbons (Fsp3) is 0.269. The Kier molecular flexibility index (Phi) is 7.87. The summed E-state index contributed by atoms with van der Waals surface area (Å²) < 4.78 is 4.89. The number of nitrogens with one attached hydrogen (secondary N) is 1. The smallest absolute Gasteiger partial charge is 0.325 e. The third-order valence-electron chi connectivity index (χ3n) is 4.55. The molecule has 0 fully saturated rings. The van der Waals surface area contributed by atoms with Crippen molar-refractivity contribution in [1.29, 1.82) is 0 Å². The lowest BCUT2D eigenvalue weighted by atomic mass is 10.0. The van der Waals surface area contributed by atoms with Gasteiger partial charge >= 0.3 is 5.97 Å². The van der Waals surface area contributed by atoms with Crippen molar-refractivity contribution < 1.29 is 14.4 Å². The topological polar surface area (TPSA) is 72.8 Å². The van der Waals surface area contributed by atoms with Crippen molar-refractivity contribution in [1.82, 2.24) is 10.5 Å². The van der Waals surface area contributed by atoms with Crippen molar-refractivity contribution >= 4 is 17.4 Å². The van der Waals surface area contributed by atoms with E-state index < -0.39 is 17.6 Å². The first kappa shape index (κ1) is 23.3. The van der Waals surface area contributed by atoms with Crippen molar-refractivity contribution in [2.75, 3.05) is 7.11 Å². The number of aromatic nitrogens is 1. The summed E-state index contributed by atoms with van der Waals surface area (Å²) in [6.07, 6.45) is 2.04. The third kappa shape index (κ3) is 6.83. The second-order valence-corrected chi connectivity index (χ2v) is 8.31. The van der Waals surface area contributed by atoms with Crippen LogP contribution in [0, 0.1) is 0 Å². The maximum absolute atomic E-state index is 12.1. The number of nitrogens with zero attached hydrogens (tertiary/aromatic N) is 2. The summed E-state index contributed by atoms with van der Waals surface area (Å²) in [4.78, 5) is 27.1. The van der Waals surface area contributed by atoms with Crippen LogP contribution >= 0.6 is 0 Å². The molecule has 0 radical (unpaired) electrons. The Morgan fingerprint density at radius 2 is 1.56 bits per heavy atom. The number of aliphatic imine (C=N–C) groups is 1. The summed E-state index contributed by atoms with van der Waals surface area (Å²) in [7, 11) is 1.36. The number of rotatable bonds is 8. The lowest BCUT2D eigenvalue weighted by Gasteiger charge is -2.23. The Bertz CT molecular complexity index is 986. The average Bonchev–Trinajstić information content (AvgIpc) is 2.81. The van der Waals surface area contributed by atoms with E-state index in [2.05, 4.69) is 10.5 Å². The molecular weight excluding hydrogens is 402 g/mol. The van der Waals surface area contributed by atoms with Crippen LogP contribution in [-0.2, 0) is 20.8 Å². The minimum atomic E-state index is -0.662. The molecule has 0 spiro atoms. The first-order valence-corrected chi connectivity index (χ1v) is 10.5. The zero-order valence-corrected chi connectivity index (χ0v) is 18.9. The first-order valence-electron chi connectivity index (χ1n) is 10.5. The van der Waals surface area contributed by atoms with E-state index in [1.807, 2.05) is 93.6 Å². The molecule has 3 aromatic rings. The zero-order valence-electron chi connectivity index (χ0n) is 18.9. The van der Waals surface area contributed by atoms with Gasteiger partial charge in [-0.1, -0.05) is 60.7 Å². The van der Waals surface area contributed by atoms with Gasteiger partial charge in [0, 0.05) is 23.2 Å². The van der Waals surface area contributed by atoms with Crippen LogP contribution in [0.1, 0.15) is 37.6 Å². The molecule has 3 rings (SSSR count). The number of methoxy groups -OCH3 is 1. The Balaban J connectivity index is 1.82. The Morgan fingerprint density at radius 1 is 0.969 bits per heavy atom. The first-order chi connectivity index (χ1) is 15.4. The summed E-state index contributed by atoms with van der Waals surface area (Å²) in [5, 5.41) is 0. The molecule has 1 heterocycles. The molecule has 0 aliphatic heterocycles. The number of esters is 1. The Hall–Kier alpha value is -3.35. The quantitative estimate of drug-likeness (QED) is 0.319. The van der Waals surface area contributed by atoms with Crippen molar-refractivity contribution in [2.45, 2.75) is 38.8 Å². The summed E-state index contributed by atoms with van der Waals surface area (Å²) in [6.45, 7) is 5.70. The number of pyridine rings is 1. The lowest BCUT2D eigenvalue weighted by Crippen LogP contribution is -2.43. The minimum Gasteiger partial charge on any atom is -0.468 e. The number of ether oxygens (including phenoxy) is 1. The molecule has 32 heavy (non-hydrogen) atoms. The molecule has 0 aliphatic rings. The van der Waals surface area contributed by atoms with E-state index >= 15 is 0 Å². The summed E-state index contributed by atoms with van der Waals surface area (Å²) >= 11 is 0. The van der Waals surface area contributed by atoms with Crippen LogP contribution in [0.2, 0.25) is 0 Å². The van der Waals surface area contributed by atoms with Crippen LogP contribution in [0.25, 0.3) is 0 Å². The maximum atomic E-state index is 12.1. The van der Waals surface area contributed by atoms with E-state index in [1.165, 1.54) is 7.11 Å².